The SMILES string of the molecule is CCc1ccc(/C=C/C(=O)NN)o1. The van der Waals surface area contributed by atoms with Gasteiger partial charge in [-0.3, -0.25) is 10.2 Å². The average Bonchev–Trinajstić information content (AvgIpc) is 2.61. The fraction of sp³-hybridized carbons (Fsp3) is 0.222. The number of furan rings is 1. The molecule has 0 aliphatic heterocycles. The molecule has 0 atom stereocenters. The Bertz CT molecular complexity index is 315. The summed E-state index contributed by atoms with van der Waals surface area (Å²) in [5, 5.41) is 0. The van der Waals surface area contributed by atoms with Crippen molar-refractivity contribution in [2.75, 3.05) is 0 Å². The van der Waals surface area contributed by atoms with E-state index < -0.39 is 0 Å². The Morgan fingerprint density at radius 3 is 3.00 bits per heavy atom. The van der Waals surface area contributed by atoms with Crippen molar-refractivity contribution >= 4 is 12.0 Å². The molecular formula is C9H12N2O2. The number of carbonyl (C=O) groups is 1. The van der Waals surface area contributed by atoms with E-state index in [2.05, 4.69) is 0 Å². The maximum atomic E-state index is 10.7. The summed E-state index contributed by atoms with van der Waals surface area (Å²) in [7, 11) is 0. The predicted octanol–water partition coefficient (Wildman–Crippen LogP) is 0.845. The normalized spacial score (nSPS) is 10.6. The van der Waals surface area contributed by atoms with Crippen LogP contribution in [0.25, 0.3) is 6.08 Å². The van der Waals surface area contributed by atoms with Gasteiger partial charge in [-0.15, -0.1) is 0 Å². The molecule has 0 saturated carbocycles. The van der Waals surface area contributed by atoms with E-state index in [4.69, 9.17) is 10.3 Å². The van der Waals surface area contributed by atoms with Gasteiger partial charge in [0.2, 0.25) is 0 Å². The lowest BCUT2D eigenvalue weighted by Gasteiger charge is -1.89. The molecule has 0 fully saturated rings. The van der Waals surface area contributed by atoms with Gasteiger partial charge in [-0.05, 0) is 18.2 Å². The first-order valence-electron chi connectivity index (χ1n) is 4.03. The number of amides is 1. The van der Waals surface area contributed by atoms with Crippen LogP contribution in [-0.4, -0.2) is 5.91 Å². The second kappa shape index (κ2) is 4.47. The summed E-state index contributed by atoms with van der Waals surface area (Å²) in [6, 6.07) is 3.68. The third-order valence-electron chi connectivity index (χ3n) is 1.57. The lowest BCUT2D eigenvalue weighted by Crippen LogP contribution is -2.27. The molecule has 0 aliphatic rings. The zero-order valence-corrected chi connectivity index (χ0v) is 7.41. The molecule has 0 spiro atoms. The summed E-state index contributed by atoms with van der Waals surface area (Å²) >= 11 is 0. The molecule has 70 valence electrons. The molecule has 0 bridgehead atoms. The van der Waals surface area contributed by atoms with E-state index >= 15 is 0 Å². The third-order valence-corrected chi connectivity index (χ3v) is 1.57. The Morgan fingerprint density at radius 2 is 2.46 bits per heavy atom. The van der Waals surface area contributed by atoms with Gasteiger partial charge in [-0.25, -0.2) is 5.84 Å². The minimum Gasteiger partial charge on any atom is -0.462 e. The van der Waals surface area contributed by atoms with E-state index in [1.54, 1.807) is 12.1 Å². The highest BCUT2D eigenvalue weighted by molar-refractivity contribution is 5.90. The van der Waals surface area contributed by atoms with Gasteiger partial charge in [0.25, 0.3) is 5.91 Å². The molecule has 4 nitrogen and oxygen atoms in total. The van der Waals surface area contributed by atoms with Crippen molar-refractivity contribution in [3.8, 4) is 0 Å². The molecule has 0 aromatic carbocycles. The van der Waals surface area contributed by atoms with Crippen LogP contribution in [0.15, 0.2) is 22.6 Å². The van der Waals surface area contributed by atoms with Crippen LogP contribution in [0.2, 0.25) is 0 Å². The van der Waals surface area contributed by atoms with Crippen LogP contribution >= 0.6 is 0 Å². The maximum Gasteiger partial charge on any atom is 0.258 e. The minimum atomic E-state index is -0.352. The quantitative estimate of drug-likeness (QED) is 0.313. The number of nitrogens with two attached hydrogens (primary N) is 1. The van der Waals surface area contributed by atoms with Gasteiger partial charge < -0.3 is 4.42 Å². The van der Waals surface area contributed by atoms with Gasteiger partial charge in [-0.1, -0.05) is 6.92 Å². The topological polar surface area (TPSA) is 68.3 Å². The van der Waals surface area contributed by atoms with Crippen molar-refractivity contribution < 1.29 is 9.21 Å². The first kappa shape index (κ1) is 9.54. The lowest BCUT2D eigenvalue weighted by molar-refractivity contribution is -0.116. The van der Waals surface area contributed by atoms with E-state index in [0.717, 1.165) is 12.2 Å². The van der Waals surface area contributed by atoms with Crippen LogP contribution in [-0.2, 0) is 11.2 Å². The molecule has 0 radical (unpaired) electrons. The van der Waals surface area contributed by atoms with Crippen LogP contribution in [0.3, 0.4) is 0 Å². The fourth-order valence-corrected chi connectivity index (χ4v) is 0.880. The highest BCUT2D eigenvalue weighted by Gasteiger charge is 1.96. The number of rotatable bonds is 3. The summed E-state index contributed by atoms with van der Waals surface area (Å²) in [4.78, 5) is 10.7. The smallest absolute Gasteiger partial charge is 0.258 e. The third kappa shape index (κ3) is 2.76. The van der Waals surface area contributed by atoms with Crippen molar-refractivity contribution in [2.24, 2.45) is 5.84 Å². The number of hydrogen-bond acceptors (Lipinski definition) is 3. The monoisotopic (exact) mass is 180 g/mol. The largest absolute Gasteiger partial charge is 0.462 e. The number of hydrogen-bond donors (Lipinski definition) is 2. The number of nitrogens with one attached hydrogen (secondary N) is 1. The first-order chi connectivity index (χ1) is 6.26. The summed E-state index contributed by atoms with van der Waals surface area (Å²) in [5.74, 6) is 6.08. The number of hydrazine groups is 1. The zero-order valence-electron chi connectivity index (χ0n) is 7.41. The van der Waals surface area contributed by atoms with Crippen LogP contribution in [0, 0.1) is 0 Å². The molecule has 0 unspecified atom stereocenters. The lowest BCUT2D eigenvalue weighted by atomic mass is 10.3. The van der Waals surface area contributed by atoms with Crippen molar-refractivity contribution in [1.82, 2.24) is 5.43 Å². The summed E-state index contributed by atoms with van der Waals surface area (Å²) < 4.78 is 5.32. The fourth-order valence-electron chi connectivity index (χ4n) is 0.880. The molecule has 1 aromatic heterocycles. The first-order valence-corrected chi connectivity index (χ1v) is 4.03. The number of carbonyl (C=O) groups excluding carboxylic acids is 1. The van der Waals surface area contributed by atoms with Crippen LogP contribution in [0.5, 0.6) is 0 Å². The van der Waals surface area contributed by atoms with Gasteiger partial charge in [0.15, 0.2) is 0 Å². The van der Waals surface area contributed by atoms with E-state index in [1.165, 1.54) is 6.08 Å². The van der Waals surface area contributed by atoms with Gasteiger partial charge in [0.1, 0.15) is 11.5 Å². The van der Waals surface area contributed by atoms with Gasteiger partial charge in [0.05, 0.1) is 0 Å². The molecule has 1 rings (SSSR count). The Balaban J connectivity index is 2.63. The number of aryl methyl sites for hydroxylation is 1. The van der Waals surface area contributed by atoms with Crippen molar-refractivity contribution in [3.63, 3.8) is 0 Å². The van der Waals surface area contributed by atoms with Crippen molar-refractivity contribution in [3.05, 3.63) is 29.7 Å². The Hall–Kier alpha value is -1.55. The molecule has 1 heterocycles. The molecular weight excluding hydrogens is 168 g/mol. The maximum absolute atomic E-state index is 10.7. The molecule has 1 aromatic rings. The van der Waals surface area contributed by atoms with Gasteiger partial charge >= 0.3 is 0 Å². The summed E-state index contributed by atoms with van der Waals surface area (Å²) in [6.45, 7) is 2.00. The Kier molecular flexibility index (Phi) is 3.28. The second-order valence-corrected chi connectivity index (χ2v) is 2.50. The van der Waals surface area contributed by atoms with Gasteiger partial charge in [-0.2, -0.15) is 0 Å². The van der Waals surface area contributed by atoms with Crippen LogP contribution in [0.4, 0.5) is 0 Å². The highest BCUT2D eigenvalue weighted by Crippen LogP contribution is 2.09. The van der Waals surface area contributed by atoms with Crippen LogP contribution < -0.4 is 11.3 Å². The van der Waals surface area contributed by atoms with Crippen molar-refractivity contribution in [1.29, 1.82) is 0 Å². The van der Waals surface area contributed by atoms with Crippen molar-refractivity contribution in [2.45, 2.75) is 13.3 Å². The van der Waals surface area contributed by atoms with Crippen LogP contribution in [0.1, 0.15) is 18.4 Å². The van der Waals surface area contributed by atoms with E-state index in [1.807, 2.05) is 18.4 Å². The van der Waals surface area contributed by atoms with E-state index in [-0.39, 0.29) is 5.91 Å². The zero-order chi connectivity index (χ0) is 9.68. The average molecular weight is 180 g/mol. The highest BCUT2D eigenvalue weighted by atomic mass is 16.3. The van der Waals surface area contributed by atoms with E-state index in [9.17, 15) is 4.79 Å². The molecule has 3 N–H and O–H groups in total. The molecule has 1 amide bonds. The van der Waals surface area contributed by atoms with Gasteiger partial charge in [0, 0.05) is 12.5 Å². The summed E-state index contributed by atoms with van der Waals surface area (Å²) in [6.07, 6.45) is 3.73. The minimum absolute atomic E-state index is 0.352. The molecule has 13 heavy (non-hydrogen) atoms. The predicted molar refractivity (Wildman–Crippen MR) is 49.5 cm³/mol. The second-order valence-electron chi connectivity index (χ2n) is 2.50. The molecule has 4 heteroatoms. The molecule has 0 saturated heterocycles. The Labute approximate surface area is 76.4 Å². The Morgan fingerprint density at radius 1 is 1.69 bits per heavy atom. The summed E-state index contributed by atoms with van der Waals surface area (Å²) in [5.41, 5.74) is 1.99. The molecule has 0 aliphatic carbocycles. The van der Waals surface area contributed by atoms with E-state index in [0.29, 0.717) is 5.76 Å². The standard InChI is InChI=1S/C9H12N2O2/c1-2-7-3-4-8(13-7)5-6-9(12)11-10/h3-6H,2,10H2,1H3,(H,11,12)/b6-5+.